The first kappa shape index (κ1) is 9.82. The van der Waals surface area contributed by atoms with Crippen molar-refractivity contribution in [3.05, 3.63) is 0 Å². The molecule has 0 radical (unpaired) electrons. The average Bonchev–Trinajstić information content (AvgIpc) is 1.87. The fourth-order valence-electron chi connectivity index (χ4n) is 0.611. The van der Waals surface area contributed by atoms with E-state index in [-0.39, 0.29) is 0 Å². The van der Waals surface area contributed by atoms with Gasteiger partial charge in [-0.15, -0.1) is 0 Å². The number of hydrogen-bond donors (Lipinski definition) is 2. The SMILES string of the molecule is CCCSCCCC(=N)N. The van der Waals surface area contributed by atoms with Crippen molar-refractivity contribution >= 4 is 17.6 Å². The summed E-state index contributed by atoms with van der Waals surface area (Å²) in [7, 11) is 0. The van der Waals surface area contributed by atoms with Gasteiger partial charge >= 0.3 is 0 Å². The van der Waals surface area contributed by atoms with Crippen molar-refractivity contribution in [2.24, 2.45) is 5.73 Å². The summed E-state index contributed by atoms with van der Waals surface area (Å²) in [5.74, 6) is 2.70. The molecule has 0 bridgehead atoms. The Kier molecular flexibility index (Phi) is 6.81. The van der Waals surface area contributed by atoms with Crippen LogP contribution < -0.4 is 5.73 Å². The third-order valence-electron chi connectivity index (χ3n) is 1.08. The topological polar surface area (TPSA) is 49.9 Å². The third-order valence-corrected chi connectivity index (χ3v) is 2.36. The molecule has 0 aliphatic heterocycles. The summed E-state index contributed by atoms with van der Waals surface area (Å²) in [6, 6.07) is 0. The molecule has 0 atom stereocenters. The molecule has 3 N–H and O–H groups in total. The minimum Gasteiger partial charge on any atom is -0.388 e. The zero-order valence-corrected chi connectivity index (χ0v) is 7.34. The molecule has 0 aromatic rings. The number of thioether (sulfide) groups is 1. The minimum atomic E-state index is 0.317. The maximum absolute atomic E-state index is 6.94. The zero-order valence-electron chi connectivity index (χ0n) is 6.52. The van der Waals surface area contributed by atoms with Gasteiger partial charge in [0.1, 0.15) is 0 Å². The van der Waals surface area contributed by atoms with Gasteiger partial charge in [0.2, 0.25) is 0 Å². The molecule has 3 heteroatoms. The molecule has 0 aromatic heterocycles. The predicted octanol–water partition coefficient (Wildman–Crippen LogP) is 1.85. The molecule has 0 unspecified atom stereocenters. The lowest BCUT2D eigenvalue weighted by molar-refractivity contribution is 0.984. The van der Waals surface area contributed by atoms with Crippen LogP contribution in [0.2, 0.25) is 0 Å². The molecule has 60 valence electrons. The Bertz CT molecular complexity index is 93.6. The summed E-state index contributed by atoms with van der Waals surface area (Å²) in [5.41, 5.74) is 5.18. The lowest BCUT2D eigenvalue weighted by atomic mass is 10.3. The van der Waals surface area contributed by atoms with Crippen LogP contribution in [0.4, 0.5) is 0 Å². The second-order valence-electron chi connectivity index (χ2n) is 2.24. The Morgan fingerprint density at radius 1 is 1.50 bits per heavy atom. The molecule has 0 spiro atoms. The number of nitrogens with one attached hydrogen (secondary N) is 1. The third kappa shape index (κ3) is 7.82. The quantitative estimate of drug-likeness (QED) is 0.354. The van der Waals surface area contributed by atoms with Crippen molar-refractivity contribution in [3.63, 3.8) is 0 Å². The summed E-state index contributed by atoms with van der Waals surface area (Å²) in [6.45, 7) is 2.18. The number of nitrogens with two attached hydrogens (primary N) is 1. The van der Waals surface area contributed by atoms with E-state index in [2.05, 4.69) is 6.92 Å². The Hall–Kier alpha value is -0.180. The highest BCUT2D eigenvalue weighted by atomic mass is 32.2. The van der Waals surface area contributed by atoms with Crippen molar-refractivity contribution in [2.75, 3.05) is 11.5 Å². The Labute approximate surface area is 67.1 Å². The summed E-state index contributed by atoms with van der Waals surface area (Å²) < 4.78 is 0. The molecular weight excluding hydrogens is 144 g/mol. The first-order valence-corrected chi connectivity index (χ1v) is 4.83. The van der Waals surface area contributed by atoms with Crippen LogP contribution in [0, 0.1) is 5.41 Å². The average molecular weight is 160 g/mol. The number of hydrogen-bond acceptors (Lipinski definition) is 2. The molecule has 0 aliphatic carbocycles. The van der Waals surface area contributed by atoms with Crippen LogP contribution in [0.25, 0.3) is 0 Å². The smallest absolute Gasteiger partial charge is 0.0905 e. The van der Waals surface area contributed by atoms with E-state index < -0.39 is 0 Å². The van der Waals surface area contributed by atoms with Crippen molar-refractivity contribution in [1.29, 1.82) is 5.41 Å². The molecule has 2 nitrogen and oxygen atoms in total. The van der Waals surface area contributed by atoms with Crippen LogP contribution in [0.3, 0.4) is 0 Å². The molecular formula is C7H16N2S. The monoisotopic (exact) mass is 160 g/mol. The maximum atomic E-state index is 6.94. The van der Waals surface area contributed by atoms with Gasteiger partial charge in [-0.2, -0.15) is 11.8 Å². The van der Waals surface area contributed by atoms with Gasteiger partial charge in [0.25, 0.3) is 0 Å². The molecule has 0 fully saturated rings. The number of rotatable bonds is 6. The van der Waals surface area contributed by atoms with Gasteiger partial charge in [0, 0.05) is 6.42 Å². The minimum absolute atomic E-state index is 0.317. The summed E-state index contributed by atoms with van der Waals surface area (Å²) in [6.07, 6.45) is 3.06. The Morgan fingerprint density at radius 3 is 2.70 bits per heavy atom. The van der Waals surface area contributed by atoms with E-state index in [0.717, 1.165) is 18.6 Å². The van der Waals surface area contributed by atoms with Gasteiger partial charge in [0.05, 0.1) is 5.84 Å². The van der Waals surface area contributed by atoms with Gasteiger partial charge in [0.15, 0.2) is 0 Å². The van der Waals surface area contributed by atoms with Crippen LogP contribution in [-0.4, -0.2) is 17.3 Å². The second-order valence-corrected chi connectivity index (χ2v) is 3.47. The molecule has 0 amide bonds. The van der Waals surface area contributed by atoms with E-state index in [9.17, 15) is 0 Å². The molecule has 0 saturated heterocycles. The van der Waals surface area contributed by atoms with E-state index >= 15 is 0 Å². The Balaban J connectivity index is 2.84. The molecule has 10 heavy (non-hydrogen) atoms. The molecule has 0 rings (SSSR count). The lowest BCUT2D eigenvalue weighted by Gasteiger charge is -1.97. The van der Waals surface area contributed by atoms with Gasteiger partial charge < -0.3 is 5.73 Å². The van der Waals surface area contributed by atoms with Crippen LogP contribution in [0.5, 0.6) is 0 Å². The van der Waals surface area contributed by atoms with E-state index in [0.29, 0.717) is 5.84 Å². The first-order chi connectivity index (χ1) is 4.77. The van der Waals surface area contributed by atoms with Gasteiger partial charge in [-0.3, -0.25) is 5.41 Å². The summed E-state index contributed by atoms with van der Waals surface area (Å²) in [5, 5.41) is 6.94. The maximum Gasteiger partial charge on any atom is 0.0905 e. The fraction of sp³-hybridized carbons (Fsp3) is 0.857. The van der Waals surface area contributed by atoms with Crippen molar-refractivity contribution < 1.29 is 0 Å². The van der Waals surface area contributed by atoms with E-state index in [4.69, 9.17) is 11.1 Å². The Morgan fingerprint density at radius 2 is 2.20 bits per heavy atom. The highest BCUT2D eigenvalue weighted by Crippen LogP contribution is 2.05. The van der Waals surface area contributed by atoms with Crippen LogP contribution >= 0.6 is 11.8 Å². The van der Waals surface area contributed by atoms with Crippen LogP contribution in [0.1, 0.15) is 26.2 Å². The lowest BCUT2D eigenvalue weighted by Crippen LogP contribution is -2.08. The number of amidine groups is 1. The van der Waals surface area contributed by atoms with E-state index in [1.165, 1.54) is 12.2 Å². The summed E-state index contributed by atoms with van der Waals surface area (Å²) >= 11 is 1.94. The van der Waals surface area contributed by atoms with Crippen molar-refractivity contribution in [2.45, 2.75) is 26.2 Å². The molecule has 0 heterocycles. The molecule has 0 saturated carbocycles. The first-order valence-electron chi connectivity index (χ1n) is 3.68. The van der Waals surface area contributed by atoms with E-state index in [1.54, 1.807) is 0 Å². The van der Waals surface area contributed by atoms with Gasteiger partial charge in [-0.25, -0.2) is 0 Å². The van der Waals surface area contributed by atoms with Gasteiger partial charge in [-0.1, -0.05) is 6.92 Å². The van der Waals surface area contributed by atoms with Crippen molar-refractivity contribution in [3.8, 4) is 0 Å². The summed E-state index contributed by atoms with van der Waals surface area (Å²) in [4.78, 5) is 0. The standard InChI is InChI=1S/C7H16N2S/c1-2-5-10-6-3-4-7(8)9/h2-6H2,1H3,(H3,8,9). The van der Waals surface area contributed by atoms with Crippen LogP contribution in [-0.2, 0) is 0 Å². The predicted molar refractivity (Wildman–Crippen MR) is 48.8 cm³/mol. The molecule has 0 aromatic carbocycles. The van der Waals surface area contributed by atoms with Crippen molar-refractivity contribution in [1.82, 2.24) is 0 Å². The fourth-order valence-corrected chi connectivity index (χ4v) is 1.45. The molecule has 0 aliphatic rings. The normalized spacial score (nSPS) is 9.70. The largest absolute Gasteiger partial charge is 0.388 e. The van der Waals surface area contributed by atoms with Gasteiger partial charge in [-0.05, 0) is 24.3 Å². The zero-order chi connectivity index (χ0) is 7.82. The van der Waals surface area contributed by atoms with Crippen LogP contribution in [0.15, 0.2) is 0 Å². The highest BCUT2D eigenvalue weighted by molar-refractivity contribution is 7.99. The highest BCUT2D eigenvalue weighted by Gasteiger charge is 1.90. The van der Waals surface area contributed by atoms with E-state index in [1.807, 2.05) is 11.8 Å². The second kappa shape index (κ2) is 6.93.